The molecule has 2 N–H and O–H groups in total. The first kappa shape index (κ1) is 44.9. The van der Waals surface area contributed by atoms with Gasteiger partial charge in [-0.05, 0) is 117 Å². The van der Waals surface area contributed by atoms with Crippen LogP contribution in [-0.4, -0.2) is 74.3 Å². The number of nitrogens with zero attached hydrogens (tertiary/aromatic N) is 6. The fourth-order valence-corrected chi connectivity index (χ4v) is 6.87. The van der Waals surface area contributed by atoms with Gasteiger partial charge in [0.15, 0.2) is 0 Å². The van der Waals surface area contributed by atoms with Gasteiger partial charge in [0.25, 0.3) is 11.8 Å². The molecule has 0 atom stereocenters. The number of methoxy groups -OCH3 is 2. The average Bonchev–Trinajstić information content (AvgIpc) is 3.54. The summed E-state index contributed by atoms with van der Waals surface area (Å²) in [5.74, 6) is 2.08. The number of pyridine rings is 2. The minimum Gasteiger partial charge on any atom is -0.494 e. The summed E-state index contributed by atoms with van der Waals surface area (Å²) in [6.45, 7) is 8.06. The van der Waals surface area contributed by atoms with Gasteiger partial charge in [0.05, 0.1) is 25.4 Å². The molecule has 9 rings (SSSR count). The Balaban J connectivity index is 0.000000152. The van der Waals surface area contributed by atoms with Gasteiger partial charge < -0.3 is 29.4 Å². The van der Waals surface area contributed by atoms with Crippen molar-refractivity contribution in [3.05, 3.63) is 162 Å². The number of aromatic nitrogens is 6. The van der Waals surface area contributed by atoms with E-state index in [-0.39, 0.29) is 23.0 Å². The fourth-order valence-electron chi connectivity index (χ4n) is 6.42. The van der Waals surface area contributed by atoms with E-state index < -0.39 is 7.12 Å². The highest BCUT2D eigenvalue weighted by Gasteiger charge is 2.51. The molecule has 4 aromatic carbocycles. The molecular formula is C48H44BBrN8O6. The zero-order valence-corrected chi connectivity index (χ0v) is 37.5. The van der Waals surface area contributed by atoms with Crippen molar-refractivity contribution in [1.82, 2.24) is 29.9 Å². The van der Waals surface area contributed by atoms with Crippen LogP contribution in [0.3, 0.4) is 0 Å². The van der Waals surface area contributed by atoms with E-state index >= 15 is 0 Å². The zero-order valence-electron chi connectivity index (χ0n) is 35.9. The maximum Gasteiger partial charge on any atom is 0.494 e. The van der Waals surface area contributed by atoms with Crippen molar-refractivity contribution in [2.75, 3.05) is 24.9 Å². The monoisotopic (exact) mass is 918 g/mol. The van der Waals surface area contributed by atoms with Gasteiger partial charge in [0.1, 0.15) is 46.8 Å². The van der Waals surface area contributed by atoms with Crippen LogP contribution in [0.4, 0.5) is 11.6 Å². The molecule has 8 aromatic rings. The summed E-state index contributed by atoms with van der Waals surface area (Å²) in [5.41, 5.74) is 4.77. The normalized spacial score (nSPS) is 13.5. The lowest BCUT2D eigenvalue weighted by atomic mass is 9.79. The molecule has 64 heavy (non-hydrogen) atoms. The number of ether oxygens (including phenoxy) is 2. The Hall–Kier alpha value is -7.14. The van der Waals surface area contributed by atoms with E-state index in [2.05, 4.69) is 56.5 Å². The number of halogens is 1. The third-order valence-electron chi connectivity index (χ3n) is 10.5. The Labute approximate surface area is 379 Å². The predicted octanol–water partition coefficient (Wildman–Crippen LogP) is 8.99. The van der Waals surface area contributed by atoms with Crippen molar-refractivity contribution in [1.29, 1.82) is 0 Å². The van der Waals surface area contributed by atoms with E-state index in [9.17, 15) is 9.59 Å². The van der Waals surface area contributed by atoms with Crippen molar-refractivity contribution in [2.24, 2.45) is 0 Å². The molecule has 1 fully saturated rings. The second-order valence-corrected chi connectivity index (χ2v) is 16.2. The number of fused-ring (bicyclic) bond motifs is 2. The van der Waals surface area contributed by atoms with Gasteiger partial charge in [-0.25, -0.2) is 29.9 Å². The van der Waals surface area contributed by atoms with Crippen molar-refractivity contribution < 1.29 is 28.4 Å². The molecule has 1 aliphatic heterocycles. The lowest BCUT2D eigenvalue weighted by Crippen LogP contribution is -2.41. The topological polar surface area (TPSA) is 172 Å². The minimum absolute atomic E-state index is 0.200. The molecule has 0 saturated carbocycles. The summed E-state index contributed by atoms with van der Waals surface area (Å²) in [7, 11) is 2.82. The Morgan fingerprint density at radius 2 is 1.08 bits per heavy atom. The van der Waals surface area contributed by atoms with Crippen LogP contribution >= 0.6 is 15.9 Å². The predicted molar refractivity (Wildman–Crippen MR) is 252 cm³/mol. The number of benzene rings is 4. The Morgan fingerprint density at radius 1 is 0.594 bits per heavy atom. The maximum absolute atomic E-state index is 12.3. The molecule has 0 radical (unpaired) electrons. The first-order valence-electron chi connectivity index (χ1n) is 20.1. The highest BCUT2D eigenvalue weighted by Crippen LogP contribution is 2.36. The molecular weight excluding hydrogens is 875 g/mol. The summed E-state index contributed by atoms with van der Waals surface area (Å²) in [5, 5.41) is 7.39. The third kappa shape index (κ3) is 10.7. The Bertz CT molecular complexity index is 2860. The lowest BCUT2D eigenvalue weighted by molar-refractivity contribution is 0.00578. The number of carbonyl (C=O) groups excluding carboxylic acids is 2. The molecule has 0 bridgehead atoms. The quantitative estimate of drug-likeness (QED) is 0.139. The van der Waals surface area contributed by atoms with E-state index in [1.54, 1.807) is 87.5 Å². The first-order valence-corrected chi connectivity index (χ1v) is 20.9. The van der Waals surface area contributed by atoms with Crippen LogP contribution in [0.2, 0.25) is 0 Å². The van der Waals surface area contributed by atoms with Gasteiger partial charge in [0.2, 0.25) is 0 Å². The molecule has 2 amide bonds. The van der Waals surface area contributed by atoms with Crippen LogP contribution < -0.4 is 25.6 Å². The number of hydrogen-bond acceptors (Lipinski definition) is 12. The molecule has 16 heteroatoms. The molecule has 1 saturated heterocycles. The average molecular weight is 920 g/mol. The highest BCUT2D eigenvalue weighted by atomic mass is 79.9. The van der Waals surface area contributed by atoms with Crippen molar-refractivity contribution in [2.45, 2.75) is 38.9 Å². The number of hydrogen-bond donors (Lipinski definition) is 2. The largest absolute Gasteiger partial charge is 0.494 e. The van der Waals surface area contributed by atoms with Crippen LogP contribution in [0.5, 0.6) is 11.5 Å². The second-order valence-electron chi connectivity index (χ2n) is 15.3. The molecule has 5 heterocycles. The van der Waals surface area contributed by atoms with E-state index in [1.807, 2.05) is 88.4 Å². The molecule has 1 aliphatic rings. The van der Waals surface area contributed by atoms with Crippen LogP contribution in [0.25, 0.3) is 32.9 Å². The summed E-state index contributed by atoms with van der Waals surface area (Å²) in [4.78, 5) is 49.2. The number of nitrogens with one attached hydrogen (secondary N) is 2. The van der Waals surface area contributed by atoms with Crippen molar-refractivity contribution in [3.63, 3.8) is 0 Å². The first-order chi connectivity index (χ1) is 30.8. The van der Waals surface area contributed by atoms with Gasteiger partial charge in [-0.3, -0.25) is 9.59 Å². The summed E-state index contributed by atoms with van der Waals surface area (Å²) < 4.78 is 23.6. The van der Waals surface area contributed by atoms with E-state index in [1.165, 1.54) is 12.7 Å². The Kier molecular flexibility index (Phi) is 14.0. The van der Waals surface area contributed by atoms with Gasteiger partial charge in [-0.2, -0.15) is 0 Å². The summed E-state index contributed by atoms with van der Waals surface area (Å²) >= 11 is 3.39. The number of anilines is 2. The van der Waals surface area contributed by atoms with E-state index in [0.717, 1.165) is 48.6 Å². The van der Waals surface area contributed by atoms with E-state index in [4.69, 9.17) is 18.8 Å². The smallest absolute Gasteiger partial charge is 0.494 e. The summed E-state index contributed by atoms with van der Waals surface area (Å²) in [6, 6.07) is 33.1. The Morgan fingerprint density at radius 3 is 1.56 bits per heavy atom. The molecule has 322 valence electrons. The van der Waals surface area contributed by atoms with Crippen molar-refractivity contribution in [3.8, 4) is 22.6 Å². The number of rotatable bonds is 8. The maximum atomic E-state index is 12.3. The standard InChI is InChI=1S/C21H16N4O2.C18H21BN2O3.C9H7BrN2O/c1-27-18-11-16(10-17-12-22-13-24-20(17)18)14-5-7-15(8-6-14)21(26)25-19-4-2-3-9-23-19;1-17(2)18(3,4)24-19(23-17)14-10-8-13(9-11-14)16(22)21-15-7-5-6-12-20-15;1-13-8-3-7(10)2-6-4-11-5-12-9(6)8/h2-13H,1H3,(H,23,25,26);5-12H,1-4H3,(H,20,21,22);2-5H,1H3. The van der Waals surface area contributed by atoms with Gasteiger partial charge in [0, 0.05) is 51.2 Å². The van der Waals surface area contributed by atoms with Gasteiger partial charge in [-0.15, -0.1) is 0 Å². The molecule has 0 unspecified atom stereocenters. The van der Waals surface area contributed by atoms with Crippen LogP contribution in [0, 0.1) is 0 Å². The molecule has 0 spiro atoms. The molecule has 4 aromatic heterocycles. The minimum atomic E-state index is -0.428. The highest BCUT2D eigenvalue weighted by molar-refractivity contribution is 9.10. The van der Waals surface area contributed by atoms with Crippen LogP contribution in [-0.2, 0) is 9.31 Å². The van der Waals surface area contributed by atoms with Gasteiger partial charge >= 0.3 is 7.12 Å². The third-order valence-corrected chi connectivity index (χ3v) is 11.0. The van der Waals surface area contributed by atoms with Crippen LogP contribution in [0.1, 0.15) is 48.4 Å². The number of amides is 2. The molecule has 14 nitrogen and oxygen atoms in total. The fraction of sp³-hybridized carbons (Fsp3) is 0.167. The van der Waals surface area contributed by atoms with E-state index in [0.29, 0.717) is 28.5 Å². The second kappa shape index (κ2) is 19.9. The SMILES string of the molecule is CC1(C)OB(c2ccc(C(=O)Nc3ccccn3)cc2)OC1(C)C.COc1cc(-c2ccc(C(=O)Nc3ccccn3)cc2)cc2cncnc12.COc1cc(Br)cc2cncnc12. The van der Waals surface area contributed by atoms with Gasteiger partial charge in [-0.1, -0.05) is 52.3 Å². The number of carbonyl (C=O) groups is 2. The van der Waals surface area contributed by atoms with Crippen LogP contribution in [0.15, 0.2) is 151 Å². The lowest BCUT2D eigenvalue weighted by Gasteiger charge is -2.32. The molecule has 0 aliphatic carbocycles. The zero-order chi connectivity index (χ0) is 45.3. The van der Waals surface area contributed by atoms with Crippen molar-refractivity contribution >= 4 is 73.8 Å². The summed E-state index contributed by atoms with van der Waals surface area (Å²) in [6.07, 6.45) is 9.80.